The molecule has 0 radical (unpaired) electrons. The number of carbonyl (C=O) groups is 1. The van der Waals surface area contributed by atoms with Crippen molar-refractivity contribution in [1.29, 1.82) is 0 Å². The average molecular weight is 301 g/mol. The number of sulfonamides is 1. The van der Waals surface area contributed by atoms with Crippen LogP contribution in [0.2, 0.25) is 0 Å². The number of hydrogen-bond donors (Lipinski definition) is 3. The number of nitrogens with two attached hydrogens (primary N) is 1. The minimum atomic E-state index is -3.69. The molecule has 4 N–H and O–H groups in total. The molecule has 0 aliphatic rings. The Morgan fingerprint density at radius 3 is 2.65 bits per heavy atom. The van der Waals surface area contributed by atoms with Crippen molar-refractivity contribution in [2.45, 2.75) is 11.3 Å². The van der Waals surface area contributed by atoms with Crippen molar-refractivity contribution >= 4 is 21.6 Å². The number of amides is 1. The van der Waals surface area contributed by atoms with Crippen molar-refractivity contribution in [3.63, 3.8) is 0 Å². The van der Waals surface area contributed by atoms with Gasteiger partial charge in [-0.2, -0.15) is 0 Å². The Labute approximate surface area is 118 Å². The molecule has 0 aliphatic carbocycles. The number of benzene rings is 1. The molecule has 1 amide bonds. The largest absolute Gasteiger partial charge is 0.398 e. The number of nitrogens with one attached hydrogen (secondary N) is 2. The van der Waals surface area contributed by atoms with Gasteiger partial charge >= 0.3 is 0 Å². The summed E-state index contributed by atoms with van der Waals surface area (Å²) in [4.78, 5) is 11.4. The van der Waals surface area contributed by atoms with Crippen molar-refractivity contribution in [1.82, 2.24) is 10.0 Å². The van der Waals surface area contributed by atoms with Crippen LogP contribution in [0, 0.1) is 0 Å². The zero-order valence-electron chi connectivity index (χ0n) is 11.3. The first-order chi connectivity index (χ1) is 9.47. The summed E-state index contributed by atoms with van der Waals surface area (Å²) in [6.45, 7) is 0.821. The minimum absolute atomic E-state index is 0.00941. The molecule has 1 aromatic rings. The van der Waals surface area contributed by atoms with Crippen LogP contribution in [0.4, 0.5) is 5.69 Å². The van der Waals surface area contributed by atoms with Crippen molar-refractivity contribution in [2.24, 2.45) is 0 Å². The molecule has 0 bridgehead atoms. The van der Waals surface area contributed by atoms with Crippen LogP contribution in [0.5, 0.6) is 0 Å². The van der Waals surface area contributed by atoms with E-state index in [0.29, 0.717) is 13.2 Å². The van der Waals surface area contributed by atoms with Gasteiger partial charge in [-0.05, 0) is 12.1 Å². The van der Waals surface area contributed by atoms with Crippen molar-refractivity contribution in [3.05, 3.63) is 24.3 Å². The van der Waals surface area contributed by atoms with Gasteiger partial charge in [-0.3, -0.25) is 4.79 Å². The maximum absolute atomic E-state index is 12.0. The molecule has 0 saturated heterocycles. The summed E-state index contributed by atoms with van der Waals surface area (Å²) >= 11 is 0. The first kappa shape index (κ1) is 16.4. The van der Waals surface area contributed by atoms with Gasteiger partial charge in [0.05, 0.1) is 12.3 Å². The molecule has 0 aromatic heterocycles. The number of para-hydroxylation sites is 1. The minimum Gasteiger partial charge on any atom is -0.398 e. The third-order valence-corrected chi connectivity index (χ3v) is 4.02. The second-order valence-corrected chi connectivity index (χ2v) is 5.76. The molecular weight excluding hydrogens is 282 g/mol. The van der Waals surface area contributed by atoms with Gasteiger partial charge in [-0.25, -0.2) is 13.1 Å². The van der Waals surface area contributed by atoms with Gasteiger partial charge in [0.15, 0.2) is 0 Å². The van der Waals surface area contributed by atoms with Crippen LogP contribution in [-0.4, -0.2) is 41.1 Å². The number of rotatable bonds is 8. The highest BCUT2D eigenvalue weighted by molar-refractivity contribution is 7.89. The van der Waals surface area contributed by atoms with Gasteiger partial charge in [0.1, 0.15) is 4.90 Å². The molecule has 0 spiro atoms. The molecule has 0 unspecified atom stereocenters. The Morgan fingerprint density at radius 1 is 1.30 bits per heavy atom. The van der Waals surface area contributed by atoms with Gasteiger partial charge in [-0.15, -0.1) is 0 Å². The van der Waals surface area contributed by atoms with Crippen LogP contribution in [-0.2, 0) is 19.6 Å². The Balaban J connectivity index is 2.45. The van der Waals surface area contributed by atoms with E-state index in [9.17, 15) is 13.2 Å². The van der Waals surface area contributed by atoms with Gasteiger partial charge in [0.25, 0.3) is 0 Å². The third-order valence-electron chi connectivity index (χ3n) is 2.48. The number of carbonyl (C=O) groups excluding carboxylic acids is 1. The fourth-order valence-corrected chi connectivity index (χ4v) is 2.65. The highest BCUT2D eigenvalue weighted by Crippen LogP contribution is 2.16. The van der Waals surface area contributed by atoms with E-state index in [1.807, 2.05) is 0 Å². The first-order valence-electron chi connectivity index (χ1n) is 6.07. The van der Waals surface area contributed by atoms with E-state index in [1.165, 1.54) is 19.2 Å². The van der Waals surface area contributed by atoms with Crippen molar-refractivity contribution in [2.75, 3.05) is 32.5 Å². The molecular formula is C12H19N3O4S. The number of methoxy groups -OCH3 is 1. The van der Waals surface area contributed by atoms with E-state index >= 15 is 0 Å². The van der Waals surface area contributed by atoms with E-state index in [-0.39, 0.29) is 29.5 Å². The zero-order valence-corrected chi connectivity index (χ0v) is 12.1. The predicted octanol–water partition coefficient (Wildman–Crippen LogP) is -0.300. The Kier molecular flexibility index (Phi) is 6.43. The van der Waals surface area contributed by atoms with Crippen LogP contribution in [0.25, 0.3) is 0 Å². The van der Waals surface area contributed by atoms with Gasteiger partial charge in [-0.1, -0.05) is 12.1 Å². The summed E-state index contributed by atoms with van der Waals surface area (Å²) in [6.07, 6.45) is 0.0513. The van der Waals surface area contributed by atoms with Crippen molar-refractivity contribution < 1.29 is 17.9 Å². The third kappa shape index (κ3) is 5.16. The Bertz CT molecular complexity index is 545. The zero-order chi connectivity index (χ0) is 15.0. The summed E-state index contributed by atoms with van der Waals surface area (Å²) in [7, 11) is -2.16. The van der Waals surface area contributed by atoms with Gasteiger partial charge in [0.2, 0.25) is 15.9 Å². The number of ether oxygens (including phenoxy) is 1. The second-order valence-electron chi connectivity index (χ2n) is 4.03. The van der Waals surface area contributed by atoms with Gasteiger partial charge in [0, 0.05) is 26.6 Å². The molecule has 1 rings (SSSR count). The monoisotopic (exact) mass is 301 g/mol. The molecule has 20 heavy (non-hydrogen) atoms. The first-order valence-corrected chi connectivity index (χ1v) is 7.55. The fourth-order valence-electron chi connectivity index (χ4n) is 1.48. The number of nitrogen functional groups attached to an aromatic ring is 1. The lowest BCUT2D eigenvalue weighted by atomic mass is 10.3. The van der Waals surface area contributed by atoms with E-state index in [1.54, 1.807) is 12.1 Å². The Morgan fingerprint density at radius 2 is 2.00 bits per heavy atom. The summed E-state index contributed by atoms with van der Waals surface area (Å²) < 4.78 is 31.0. The highest BCUT2D eigenvalue weighted by Gasteiger charge is 2.16. The molecule has 8 heteroatoms. The summed E-state index contributed by atoms with van der Waals surface area (Å²) in [5, 5.41) is 2.60. The normalized spacial score (nSPS) is 11.2. The molecule has 0 heterocycles. The molecule has 0 aliphatic heterocycles. The highest BCUT2D eigenvalue weighted by atomic mass is 32.2. The molecule has 0 saturated carbocycles. The predicted molar refractivity (Wildman–Crippen MR) is 75.5 cm³/mol. The van der Waals surface area contributed by atoms with Crippen molar-refractivity contribution in [3.8, 4) is 0 Å². The fraction of sp³-hybridized carbons (Fsp3) is 0.417. The van der Waals surface area contributed by atoms with E-state index in [0.717, 1.165) is 0 Å². The van der Waals surface area contributed by atoms with E-state index < -0.39 is 10.0 Å². The average Bonchev–Trinajstić information content (AvgIpc) is 2.39. The maximum atomic E-state index is 12.0. The lowest BCUT2D eigenvalue weighted by molar-refractivity contribution is -0.121. The Hall–Kier alpha value is -1.64. The lowest BCUT2D eigenvalue weighted by Crippen LogP contribution is -2.32. The standard InChI is InChI=1S/C12H19N3O4S/c1-19-9-8-14-12(16)6-7-15-20(17,18)11-5-3-2-4-10(11)13/h2-5,15H,6-9,13H2,1H3,(H,14,16). The SMILES string of the molecule is COCCNC(=O)CCNS(=O)(=O)c1ccccc1N. The van der Waals surface area contributed by atoms with E-state index in [2.05, 4.69) is 10.0 Å². The molecule has 0 fully saturated rings. The number of anilines is 1. The number of hydrogen-bond acceptors (Lipinski definition) is 5. The van der Waals surface area contributed by atoms with Crippen LogP contribution in [0.1, 0.15) is 6.42 Å². The second kappa shape index (κ2) is 7.83. The summed E-state index contributed by atoms with van der Waals surface area (Å²) in [6, 6.07) is 6.16. The van der Waals surface area contributed by atoms with Gasteiger partial charge < -0.3 is 15.8 Å². The molecule has 0 atom stereocenters. The topological polar surface area (TPSA) is 111 Å². The van der Waals surface area contributed by atoms with E-state index in [4.69, 9.17) is 10.5 Å². The quantitative estimate of drug-likeness (QED) is 0.451. The molecule has 1 aromatic carbocycles. The summed E-state index contributed by atoms with van der Waals surface area (Å²) in [5.41, 5.74) is 5.78. The van der Waals surface area contributed by atoms with Crippen LogP contribution < -0.4 is 15.8 Å². The van der Waals surface area contributed by atoms with Crippen LogP contribution >= 0.6 is 0 Å². The van der Waals surface area contributed by atoms with Crippen LogP contribution in [0.15, 0.2) is 29.2 Å². The molecule has 7 nitrogen and oxygen atoms in total. The molecule has 112 valence electrons. The summed E-state index contributed by atoms with van der Waals surface area (Å²) in [5.74, 6) is -0.245. The smallest absolute Gasteiger partial charge is 0.242 e. The lowest BCUT2D eigenvalue weighted by Gasteiger charge is -2.09. The maximum Gasteiger partial charge on any atom is 0.242 e. The van der Waals surface area contributed by atoms with Crippen LogP contribution in [0.3, 0.4) is 0 Å².